The van der Waals surface area contributed by atoms with Crippen molar-refractivity contribution in [1.29, 1.82) is 0 Å². The third-order valence-corrected chi connectivity index (χ3v) is 6.44. The van der Waals surface area contributed by atoms with E-state index < -0.39 is 7.14 Å². The molecule has 3 aromatic carbocycles. The summed E-state index contributed by atoms with van der Waals surface area (Å²) in [5.74, 6) is 0. The summed E-state index contributed by atoms with van der Waals surface area (Å²) >= 11 is 0.778. The van der Waals surface area contributed by atoms with Gasteiger partial charge in [0, 0.05) is 15.9 Å². The molecule has 1 nitrogen and oxygen atoms in total. The topological polar surface area (TPSA) is 17.1 Å². The molecule has 3 aromatic rings. The van der Waals surface area contributed by atoms with Gasteiger partial charge in [-0.05, 0) is 0 Å². The minimum atomic E-state index is -2.78. The minimum Gasteiger partial charge on any atom is -0.309 e. The number of benzene rings is 3. The van der Waals surface area contributed by atoms with Crippen LogP contribution in [0.25, 0.3) is 0 Å². The van der Waals surface area contributed by atoms with E-state index in [1.54, 1.807) is 0 Å². The van der Waals surface area contributed by atoms with E-state index in [0.717, 1.165) is 31.3 Å². The average Bonchev–Trinajstić information content (AvgIpc) is 2.65. The molecule has 0 bridgehead atoms. The molecule has 0 heterocycles. The zero-order chi connectivity index (χ0) is 15.8. The van der Waals surface area contributed by atoms with Crippen molar-refractivity contribution >= 4 is 48.5 Å². The van der Waals surface area contributed by atoms with Crippen LogP contribution in [0.2, 0.25) is 0 Å². The first kappa shape index (κ1) is 17.1. The van der Waals surface area contributed by atoms with Crippen molar-refractivity contribution in [2.24, 2.45) is 0 Å². The predicted octanol–water partition coefficient (Wildman–Crippen LogP) is 3.10. The second kappa shape index (κ2) is 8.37. The van der Waals surface area contributed by atoms with E-state index in [1.165, 1.54) is 0 Å². The van der Waals surface area contributed by atoms with Gasteiger partial charge in [0.05, 0.1) is 0 Å². The minimum absolute atomic E-state index is 0.778. The summed E-state index contributed by atoms with van der Waals surface area (Å²) < 4.78 is 13.8. The van der Waals surface area contributed by atoms with Gasteiger partial charge < -0.3 is 4.57 Å². The van der Waals surface area contributed by atoms with Crippen molar-refractivity contribution in [3.05, 3.63) is 91.0 Å². The lowest BCUT2D eigenvalue weighted by Gasteiger charge is -2.19. The fraction of sp³-hybridized carbons (Fsp3) is 0. The van der Waals surface area contributed by atoms with Crippen LogP contribution in [0.3, 0.4) is 0 Å². The average molecular weight is 343 g/mol. The van der Waals surface area contributed by atoms with Gasteiger partial charge in [0.15, 0.2) is 7.14 Å². The first-order valence-electron chi connectivity index (χ1n) is 6.96. The molecular formula is C18H17AlClOP. The third-order valence-electron chi connectivity index (χ3n) is 3.36. The van der Waals surface area contributed by atoms with Crippen molar-refractivity contribution in [2.45, 2.75) is 0 Å². The highest BCUT2D eigenvalue weighted by molar-refractivity contribution is 7.85. The fourth-order valence-corrected chi connectivity index (χ4v) is 5.03. The Hall–Kier alpha value is -1.29. The molecule has 0 spiro atoms. The molecule has 0 aromatic heterocycles. The van der Waals surface area contributed by atoms with Crippen LogP contribution in [-0.2, 0) is 4.57 Å². The molecule has 110 valence electrons. The standard InChI is InChI=1S/C18H15OP.Al.ClH.2H/c19-20(16-10-4-1-5-11-16,17-12-6-2-7-13-17)18-14-8-3-9-15-18;;;;/h1-15H;;1H;;/q;+1;;;/p-1. The molecule has 0 saturated heterocycles. The third kappa shape index (κ3) is 3.54. The molecule has 0 radical (unpaired) electrons. The second-order valence-electron chi connectivity index (χ2n) is 4.62. The molecule has 0 atom stereocenters. The maximum Gasteiger partial charge on any atom is 0.353 e. The van der Waals surface area contributed by atoms with Gasteiger partial charge >= 0.3 is 15.4 Å². The second-order valence-corrected chi connectivity index (χ2v) is 7.38. The van der Waals surface area contributed by atoms with E-state index in [2.05, 4.69) is 0 Å². The summed E-state index contributed by atoms with van der Waals surface area (Å²) in [4.78, 5) is 0. The van der Waals surface area contributed by atoms with E-state index in [-0.39, 0.29) is 0 Å². The maximum absolute atomic E-state index is 13.8. The highest BCUT2D eigenvalue weighted by atomic mass is 35.6. The van der Waals surface area contributed by atoms with Crippen LogP contribution in [0.15, 0.2) is 91.0 Å². The molecular weight excluding hydrogens is 326 g/mol. The maximum atomic E-state index is 13.8. The lowest BCUT2D eigenvalue weighted by atomic mass is 10.4. The van der Waals surface area contributed by atoms with Crippen LogP contribution >= 0.6 is 17.2 Å². The van der Waals surface area contributed by atoms with Gasteiger partial charge in [-0.25, -0.2) is 0 Å². The monoisotopic (exact) mass is 342 g/mol. The van der Waals surface area contributed by atoms with Gasteiger partial charge in [-0.2, -0.15) is 0 Å². The lowest BCUT2D eigenvalue weighted by molar-refractivity contribution is 0.592. The van der Waals surface area contributed by atoms with Gasteiger partial charge in [0.2, 0.25) is 0 Å². The van der Waals surface area contributed by atoms with E-state index in [1.807, 2.05) is 91.0 Å². The fourth-order valence-electron chi connectivity index (χ4n) is 2.36. The molecule has 0 saturated carbocycles. The van der Waals surface area contributed by atoms with Gasteiger partial charge in [-0.3, -0.25) is 10.0 Å². The number of halogens is 1. The first-order chi connectivity index (χ1) is 10.8. The normalized spacial score (nSPS) is 10.4. The summed E-state index contributed by atoms with van der Waals surface area (Å²) in [6, 6.07) is 29.1. The van der Waals surface area contributed by atoms with Crippen molar-refractivity contribution in [2.75, 3.05) is 0 Å². The van der Waals surface area contributed by atoms with Gasteiger partial charge in [0.25, 0.3) is 0 Å². The highest BCUT2D eigenvalue weighted by Crippen LogP contribution is 2.41. The Labute approximate surface area is 144 Å². The van der Waals surface area contributed by atoms with Crippen LogP contribution in [0.1, 0.15) is 0 Å². The van der Waals surface area contributed by atoms with Crippen molar-refractivity contribution in [3.8, 4) is 0 Å². The lowest BCUT2D eigenvalue weighted by Crippen LogP contribution is -2.24. The Kier molecular flexibility index (Phi) is 6.50. The molecule has 0 aliphatic rings. The zero-order valence-corrected chi connectivity index (χ0v) is 16.0. The quantitative estimate of drug-likeness (QED) is 0.528. The Morgan fingerprint density at radius 1 is 0.545 bits per heavy atom. The molecule has 0 unspecified atom stereocenters. The molecule has 4 heteroatoms. The van der Waals surface area contributed by atoms with Crippen molar-refractivity contribution in [1.82, 2.24) is 0 Å². The molecule has 22 heavy (non-hydrogen) atoms. The largest absolute Gasteiger partial charge is 0.353 e. The molecule has 0 aliphatic heterocycles. The summed E-state index contributed by atoms with van der Waals surface area (Å²) in [7, 11) is 2.00. The van der Waals surface area contributed by atoms with E-state index in [0.29, 0.717) is 0 Å². The Balaban J connectivity index is 0.000000847. The molecule has 0 amide bonds. The first-order valence-corrected chi connectivity index (χ1v) is 11.7. The summed E-state index contributed by atoms with van der Waals surface area (Å²) in [5, 5.41) is 2.62. The van der Waals surface area contributed by atoms with Crippen LogP contribution in [0, 0.1) is 0 Å². The summed E-state index contributed by atoms with van der Waals surface area (Å²) in [6.07, 6.45) is 0. The van der Waals surface area contributed by atoms with E-state index >= 15 is 0 Å². The molecule has 0 fully saturated rings. The Bertz CT molecular complexity index is 629. The number of hydrogen-bond acceptors (Lipinski definition) is 1. The number of rotatable bonds is 3. The van der Waals surface area contributed by atoms with Crippen LogP contribution in [-0.4, -0.2) is 15.4 Å². The van der Waals surface area contributed by atoms with Crippen LogP contribution < -0.4 is 15.9 Å². The molecule has 3 rings (SSSR count). The predicted molar refractivity (Wildman–Crippen MR) is 100 cm³/mol. The highest BCUT2D eigenvalue weighted by Gasteiger charge is 2.28. The summed E-state index contributed by atoms with van der Waals surface area (Å²) in [6.45, 7) is 0. The van der Waals surface area contributed by atoms with E-state index in [4.69, 9.17) is 10.0 Å². The smallest absolute Gasteiger partial charge is 0.309 e. The van der Waals surface area contributed by atoms with Crippen molar-refractivity contribution in [3.63, 3.8) is 0 Å². The molecule has 0 aliphatic carbocycles. The SMILES string of the molecule is O=P(c1ccccc1)(c1ccccc1)c1ccccc1.[AlH2][Cl]. The summed E-state index contributed by atoms with van der Waals surface area (Å²) in [5.41, 5.74) is 0. The van der Waals surface area contributed by atoms with Gasteiger partial charge in [-0.15, -0.1) is 0 Å². The van der Waals surface area contributed by atoms with Crippen molar-refractivity contribution < 1.29 is 4.57 Å². The number of hydrogen-bond donors (Lipinski definition) is 0. The van der Waals surface area contributed by atoms with Gasteiger partial charge in [-0.1, -0.05) is 91.0 Å². The zero-order valence-electron chi connectivity index (χ0n) is 12.4. The van der Waals surface area contributed by atoms with E-state index in [9.17, 15) is 4.57 Å². The van der Waals surface area contributed by atoms with Gasteiger partial charge in [0.1, 0.15) is 0 Å². The Morgan fingerprint density at radius 3 is 1.00 bits per heavy atom. The molecule has 0 N–H and O–H groups in total. The van der Waals surface area contributed by atoms with Crippen LogP contribution in [0.4, 0.5) is 0 Å². The Morgan fingerprint density at radius 2 is 0.773 bits per heavy atom. The van der Waals surface area contributed by atoms with Crippen LogP contribution in [0.5, 0.6) is 0 Å².